The molecule has 0 saturated heterocycles. The minimum atomic E-state index is 0.501. The van der Waals surface area contributed by atoms with E-state index >= 15 is 0 Å². The standard InChI is InChI=1S/C13H23N3OS/c1-4-17-11-12(14)16-18-13(11)15-10-7-5-6-8(2)9(10)3/h8-10,15H,4-7H2,1-3H3,(H2,14,16). The summed E-state index contributed by atoms with van der Waals surface area (Å²) in [5.41, 5.74) is 5.83. The number of anilines is 2. The fraction of sp³-hybridized carbons (Fsp3) is 0.769. The Hall–Kier alpha value is -0.970. The first-order valence-corrected chi connectivity index (χ1v) is 7.55. The summed E-state index contributed by atoms with van der Waals surface area (Å²) in [7, 11) is 0. The predicted molar refractivity (Wildman–Crippen MR) is 77.3 cm³/mol. The molecule has 3 atom stereocenters. The summed E-state index contributed by atoms with van der Waals surface area (Å²) in [5.74, 6) is 2.68. The maximum absolute atomic E-state index is 5.83. The zero-order valence-electron chi connectivity index (χ0n) is 11.4. The number of nitrogens with zero attached hydrogens (tertiary/aromatic N) is 1. The predicted octanol–water partition coefficient (Wildman–Crippen LogP) is 3.36. The van der Waals surface area contributed by atoms with Crippen molar-refractivity contribution >= 4 is 22.4 Å². The molecule has 102 valence electrons. The molecule has 3 unspecified atom stereocenters. The number of rotatable bonds is 4. The molecule has 3 N–H and O–H groups in total. The molecule has 2 rings (SSSR count). The Kier molecular flexibility index (Phi) is 4.32. The van der Waals surface area contributed by atoms with Crippen molar-refractivity contribution in [2.24, 2.45) is 11.8 Å². The molecule has 1 aromatic heterocycles. The Morgan fingerprint density at radius 3 is 2.94 bits per heavy atom. The molecule has 0 amide bonds. The number of hydrogen-bond acceptors (Lipinski definition) is 5. The first-order chi connectivity index (χ1) is 8.63. The van der Waals surface area contributed by atoms with Gasteiger partial charge in [-0.1, -0.05) is 26.7 Å². The van der Waals surface area contributed by atoms with Crippen LogP contribution in [-0.2, 0) is 0 Å². The molecule has 1 heterocycles. The highest BCUT2D eigenvalue weighted by Gasteiger charge is 2.28. The van der Waals surface area contributed by atoms with Crippen LogP contribution in [0.2, 0.25) is 0 Å². The lowest BCUT2D eigenvalue weighted by Crippen LogP contribution is -2.34. The molecule has 5 heteroatoms. The number of nitrogen functional groups attached to an aromatic ring is 1. The van der Waals surface area contributed by atoms with E-state index in [2.05, 4.69) is 23.5 Å². The zero-order chi connectivity index (χ0) is 13.1. The van der Waals surface area contributed by atoms with E-state index in [9.17, 15) is 0 Å². The monoisotopic (exact) mass is 269 g/mol. The van der Waals surface area contributed by atoms with E-state index in [4.69, 9.17) is 10.5 Å². The molecular weight excluding hydrogens is 246 g/mol. The first-order valence-electron chi connectivity index (χ1n) is 6.78. The molecule has 18 heavy (non-hydrogen) atoms. The number of nitrogens with one attached hydrogen (secondary N) is 1. The van der Waals surface area contributed by atoms with Crippen molar-refractivity contribution in [1.29, 1.82) is 0 Å². The van der Waals surface area contributed by atoms with Gasteiger partial charge in [-0.05, 0) is 36.7 Å². The van der Waals surface area contributed by atoms with Gasteiger partial charge in [0.15, 0.2) is 16.6 Å². The minimum absolute atomic E-state index is 0.501. The number of nitrogens with two attached hydrogens (primary N) is 1. The average Bonchev–Trinajstić information content (AvgIpc) is 2.68. The van der Waals surface area contributed by atoms with E-state index in [0.717, 1.165) is 16.7 Å². The second-order valence-electron chi connectivity index (χ2n) is 5.18. The number of hydrogen-bond donors (Lipinski definition) is 2. The zero-order valence-corrected chi connectivity index (χ0v) is 12.2. The Labute approximate surface area is 113 Å². The highest BCUT2D eigenvalue weighted by molar-refractivity contribution is 7.11. The van der Waals surface area contributed by atoms with Crippen LogP contribution in [-0.4, -0.2) is 17.0 Å². The van der Waals surface area contributed by atoms with Crippen LogP contribution in [0.4, 0.5) is 10.8 Å². The highest BCUT2D eigenvalue weighted by atomic mass is 32.1. The van der Waals surface area contributed by atoms with Crippen LogP contribution in [0.1, 0.15) is 40.0 Å². The van der Waals surface area contributed by atoms with Crippen LogP contribution in [0.3, 0.4) is 0 Å². The van der Waals surface area contributed by atoms with Crippen molar-refractivity contribution in [3.63, 3.8) is 0 Å². The lowest BCUT2D eigenvalue weighted by atomic mass is 9.78. The van der Waals surface area contributed by atoms with E-state index in [-0.39, 0.29) is 0 Å². The van der Waals surface area contributed by atoms with Gasteiger partial charge in [-0.15, -0.1) is 0 Å². The van der Waals surface area contributed by atoms with Gasteiger partial charge in [0.2, 0.25) is 0 Å². The molecule has 4 nitrogen and oxygen atoms in total. The summed E-state index contributed by atoms with van der Waals surface area (Å²) in [4.78, 5) is 0. The molecule has 1 fully saturated rings. The quantitative estimate of drug-likeness (QED) is 0.880. The smallest absolute Gasteiger partial charge is 0.197 e. The van der Waals surface area contributed by atoms with Crippen LogP contribution < -0.4 is 15.8 Å². The van der Waals surface area contributed by atoms with Gasteiger partial charge >= 0.3 is 0 Å². The molecule has 0 bridgehead atoms. The van der Waals surface area contributed by atoms with E-state index in [1.54, 1.807) is 0 Å². The third kappa shape index (κ3) is 2.71. The van der Waals surface area contributed by atoms with Crippen molar-refractivity contribution in [2.45, 2.75) is 46.1 Å². The molecular formula is C13H23N3OS. The third-order valence-corrected chi connectivity index (χ3v) is 4.76. The summed E-state index contributed by atoms with van der Waals surface area (Å²) in [5, 5.41) is 4.57. The summed E-state index contributed by atoms with van der Waals surface area (Å²) < 4.78 is 9.75. The Balaban J connectivity index is 2.08. The average molecular weight is 269 g/mol. The van der Waals surface area contributed by atoms with Gasteiger partial charge in [0.05, 0.1) is 6.61 Å². The van der Waals surface area contributed by atoms with Gasteiger partial charge in [-0.3, -0.25) is 0 Å². The van der Waals surface area contributed by atoms with E-state index < -0.39 is 0 Å². The van der Waals surface area contributed by atoms with Gasteiger partial charge in [0.1, 0.15) is 0 Å². The third-order valence-electron chi connectivity index (χ3n) is 3.99. The topological polar surface area (TPSA) is 60.2 Å². The Bertz CT molecular complexity index is 394. The molecule has 1 aromatic rings. The second-order valence-corrected chi connectivity index (χ2v) is 5.95. The maximum Gasteiger partial charge on any atom is 0.197 e. The molecule has 1 aliphatic carbocycles. The molecule has 0 aromatic carbocycles. The van der Waals surface area contributed by atoms with Crippen molar-refractivity contribution in [3.05, 3.63) is 0 Å². The van der Waals surface area contributed by atoms with Gasteiger partial charge in [-0.2, -0.15) is 4.37 Å². The van der Waals surface area contributed by atoms with Crippen molar-refractivity contribution < 1.29 is 4.74 Å². The summed E-state index contributed by atoms with van der Waals surface area (Å²) in [6.07, 6.45) is 3.85. The van der Waals surface area contributed by atoms with Crippen LogP contribution in [0.15, 0.2) is 0 Å². The van der Waals surface area contributed by atoms with Crippen LogP contribution in [0, 0.1) is 11.8 Å². The van der Waals surface area contributed by atoms with Crippen molar-refractivity contribution in [2.75, 3.05) is 17.7 Å². The van der Waals surface area contributed by atoms with Crippen molar-refractivity contribution in [1.82, 2.24) is 4.37 Å². The first kappa shape index (κ1) is 13.5. The van der Waals surface area contributed by atoms with Crippen LogP contribution in [0.5, 0.6) is 5.75 Å². The Morgan fingerprint density at radius 2 is 2.22 bits per heavy atom. The highest BCUT2D eigenvalue weighted by Crippen LogP contribution is 2.39. The van der Waals surface area contributed by atoms with Gasteiger partial charge in [0, 0.05) is 6.04 Å². The number of ether oxygens (including phenoxy) is 1. The molecule has 0 spiro atoms. The number of aromatic nitrogens is 1. The molecule has 1 saturated carbocycles. The fourth-order valence-electron chi connectivity index (χ4n) is 2.62. The normalized spacial score (nSPS) is 28.1. The SMILES string of the molecule is CCOc1c(N)nsc1NC1CCCC(C)C1C. The largest absolute Gasteiger partial charge is 0.487 e. The lowest BCUT2D eigenvalue weighted by molar-refractivity contribution is 0.252. The van der Waals surface area contributed by atoms with Crippen molar-refractivity contribution in [3.8, 4) is 5.75 Å². The van der Waals surface area contributed by atoms with E-state index in [0.29, 0.717) is 24.4 Å². The summed E-state index contributed by atoms with van der Waals surface area (Å²) >= 11 is 1.40. The van der Waals surface area contributed by atoms with Crippen LogP contribution >= 0.6 is 11.5 Å². The minimum Gasteiger partial charge on any atom is -0.487 e. The molecule has 1 aliphatic rings. The van der Waals surface area contributed by atoms with Gasteiger partial charge in [0.25, 0.3) is 0 Å². The summed E-state index contributed by atoms with van der Waals surface area (Å²) in [6.45, 7) is 7.25. The Morgan fingerprint density at radius 1 is 1.44 bits per heavy atom. The van der Waals surface area contributed by atoms with Gasteiger partial charge < -0.3 is 15.8 Å². The fourth-order valence-corrected chi connectivity index (χ4v) is 3.35. The van der Waals surface area contributed by atoms with E-state index in [1.807, 2.05) is 6.92 Å². The van der Waals surface area contributed by atoms with E-state index in [1.165, 1.54) is 30.8 Å². The molecule has 0 aliphatic heterocycles. The van der Waals surface area contributed by atoms with Gasteiger partial charge in [-0.25, -0.2) is 0 Å². The molecule has 0 radical (unpaired) electrons. The second kappa shape index (κ2) is 5.78. The maximum atomic E-state index is 5.83. The summed E-state index contributed by atoms with van der Waals surface area (Å²) in [6, 6.07) is 0.507. The van der Waals surface area contributed by atoms with Crippen LogP contribution in [0.25, 0.3) is 0 Å². The lowest BCUT2D eigenvalue weighted by Gasteiger charge is -2.34.